The van der Waals surface area contributed by atoms with Gasteiger partial charge in [0.1, 0.15) is 29.3 Å². The monoisotopic (exact) mass is 589 g/mol. The molecule has 9 nitrogen and oxygen atoms in total. The number of H-pyrrole nitrogens is 1. The van der Waals surface area contributed by atoms with E-state index in [1.807, 2.05) is 30.3 Å². The summed E-state index contributed by atoms with van der Waals surface area (Å²) in [5, 5.41) is 17.0. The van der Waals surface area contributed by atoms with Crippen LogP contribution in [0.1, 0.15) is 74.2 Å². The molecule has 10 heteroatoms. The molecule has 1 aliphatic rings. The molecule has 1 atom stereocenters. The van der Waals surface area contributed by atoms with Crippen LogP contribution in [-0.2, 0) is 4.79 Å². The lowest BCUT2D eigenvalue weighted by Gasteiger charge is -2.30. The average Bonchev–Trinajstić information content (AvgIpc) is 3.42. The molecule has 1 unspecified atom stereocenters. The van der Waals surface area contributed by atoms with Crippen molar-refractivity contribution in [2.45, 2.75) is 76.5 Å². The van der Waals surface area contributed by atoms with Crippen molar-refractivity contribution >= 4 is 40.1 Å². The maximum Gasteiger partial charge on any atom is 0.220 e. The highest BCUT2D eigenvalue weighted by molar-refractivity contribution is 6.35. The van der Waals surface area contributed by atoms with Gasteiger partial charge in [-0.15, -0.1) is 0 Å². The van der Waals surface area contributed by atoms with Gasteiger partial charge >= 0.3 is 0 Å². The van der Waals surface area contributed by atoms with Gasteiger partial charge in [-0.3, -0.25) is 9.59 Å². The third kappa shape index (κ3) is 7.46. The van der Waals surface area contributed by atoms with Gasteiger partial charge in [0.25, 0.3) is 0 Å². The highest BCUT2D eigenvalue weighted by atomic mass is 35.5. The number of ether oxygens (including phenoxy) is 1. The number of anilines is 1. The standard InChI is InChI=1S/C32H36ClN5O4/c1-20(39)7-5-6-10-28(40)37-21-11-13-22(14-12-21)38-32-29-26(18-34-31(29)35-19-36-32)30(41)25-16-15-24(17-27(25)33)42-23-8-3-2-4-9-23/h2-4,8-9,15-22,39H,5-7,10-14H2,1H3,(H,37,40)(H2,34,35,36,38)/t20?,21-,22+. The molecule has 4 aromatic rings. The molecule has 0 spiro atoms. The lowest BCUT2D eigenvalue weighted by atomic mass is 9.91. The third-order valence-electron chi connectivity index (χ3n) is 7.59. The van der Waals surface area contributed by atoms with Crippen molar-refractivity contribution < 1.29 is 19.4 Å². The second-order valence-corrected chi connectivity index (χ2v) is 11.3. The number of amides is 1. The number of benzene rings is 2. The number of aliphatic hydroxyl groups excluding tert-OH is 1. The predicted octanol–water partition coefficient (Wildman–Crippen LogP) is 6.42. The molecule has 5 rings (SSSR count). The van der Waals surface area contributed by atoms with E-state index in [-0.39, 0.29) is 34.9 Å². The topological polar surface area (TPSA) is 129 Å². The third-order valence-corrected chi connectivity index (χ3v) is 7.90. The number of unbranched alkanes of at least 4 members (excludes halogenated alkanes) is 1. The minimum atomic E-state index is -0.322. The molecular weight excluding hydrogens is 554 g/mol. The van der Waals surface area contributed by atoms with Gasteiger partial charge in [0, 0.05) is 36.3 Å². The molecule has 0 bridgehead atoms. The Hall–Kier alpha value is -3.95. The number of carbonyl (C=O) groups excluding carboxylic acids is 2. The molecule has 2 aromatic heterocycles. The van der Waals surface area contributed by atoms with Crippen LogP contribution in [0.5, 0.6) is 11.5 Å². The second-order valence-electron chi connectivity index (χ2n) is 10.9. The summed E-state index contributed by atoms with van der Waals surface area (Å²) in [6.45, 7) is 1.77. The predicted molar refractivity (Wildman–Crippen MR) is 163 cm³/mol. The number of nitrogens with zero attached hydrogens (tertiary/aromatic N) is 2. The number of rotatable bonds is 12. The number of aliphatic hydroxyl groups is 1. The van der Waals surface area contributed by atoms with E-state index >= 15 is 0 Å². The maximum absolute atomic E-state index is 13.6. The number of aromatic amines is 1. The zero-order valence-electron chi connectivity index (χ0n) is 23.6. The summed E-state index contributed by atoms with van der Waals surface area (Å²) in [7, 11) is 0. The molecule has 0 aliphatic heterocycles. The summed E-state index contributed by atoms with van der Waals surface area (Å²) in [6, 6.07) is 14.7. The highest BCUT2D eigenvalue weighted by Crippen LogP contribution is 2.32. The van der Waals surface area contributed by atoms with E-state index in [0.29, 0.717) is 45.9 Å². The van der Waals surface area contributed by atoms with E-state index < -0.39 is 0 Å². The van der Waals surface area contributed by atoms with E-state index in [2.05, 4.69) is 25.6 Å². The van der Waals surface area contributed by atoms with Gasteiger partial charge in [0.05, 0.1) is 22.1 Å². The van der Waals surface area contributed by atoms with Crippen LogP contribution >= 0.6 is 11.6 Å². The van der Waals surface area contributed by atoms with Crippen molar-refractivity contribution in [3.05, 3.63) is 77.2 Å². The number of para-hydroxylation sites is 1. The second kappa shape index (κ2) is 13.8. The molecule has 1 saturated carbocycles. The molecule has 1 aliphatic carbocycles. The van der Waals surface area contributed by atoms with Crippen molar-refractivity contribution in [2.24, 2.45) is 0 Å². The zero-order valence-corrected chi connectivity index (χ0v) is 24.4. The molecule has 2 aromatic carbocycles. The van der Waals surface area contributed by atoms with Crippen LogP contribution in [0.2, 0.25) is 5.02 Å². The summed E-state index contributed by atoms with van der Waals surface area (Å²) in [6.07, 6.45) is 9.07. The molecule has 1 fully saturated rings. The van der Waals surface area contributed by atoms with Crippen LogP contribution in [0.3, 0.4) is 0 Å². The van der Waals surface area contributed by atoms with Crippen molar-refractivity contribution in [3.63, 3.8) is 0 Å². The fraction of sp³-hybridized carbons (Fsp3) is 0.375. The van der Waals surface area contributed by atoms with Gasteiger partial charge in [-0.05, 0) is 69.7 Å². The Bertz CT molecular complexity index is 1520. The van der Waals surface area contributed by atoms with Gasteiger partial charge in [-0.1, -0.05) is 36.2 Å². The van der Waals surface area contributed by atoms with Crippen LogP contribution in [0, 0.1) is 0 Å². The Balaban J connectivity index is 1.22. The summed E-state index contributed by atoms with van der Waals surface area (Å²) >= 11 is 6.55. The van der Waals surface area contributed by atoms with E-state index in [4.69, 9.17) is 16.3 Å². The molecule has 220 valence electrons. The normalized spacial score (nSPS) is 17.5. The zero-order chi connectivity index (χ0) is 29.5. The Morgan fingerprint density at radius 3 is 2.52 bits per heavy atom. The number of hydrogen-bond donors (Lipinski definition) is 4. The molecule has 4 N–H and O–H groups in total. The molecule has 0 radical (unpaired) electrons. The summed E-state index contributed by atoms with van der Waals surface area (Å²) in [4.78, 5) is 37.9. The lowest BCUT2D eigenvalue weighted by Crippen LogP contribution is -2.40. The fourth-order valence-corrected chi connectivity index (χ4v) is 5.62. The van der Waals surface area contributed by atoms with Crippen LogP contribution in [0.15, 0.2) is 61.1 Å². The van der Waals surface area contributed by atoms with E-state index in [1.165, 1.54) is 6.33 Å². The molecule has 2 heterocycles. The molecule has 0 saturated heterocycles. The summed E-state index contributed by atoms with van der Waals surface area (Å²) < 4.78 is 5.85. The number of carbonyl (C=O) groups is 2. The van der Waals surface area contributed by atoms with Crippen molar-refractivity contribution in [1.29, 1.82) is 0 Å². The number of nitrogens with one attached hydrogen (secondary N) is 3. The quantitative estimate of drug-likeness (QED) is 0.111. The summed E-state index contributed by atoms with van der Waals surface area (Å²) in [5.41, 5.74) is 1.35. The van der Waals surface area contributed by atoms with Crippen LogP contribution in [-0.4, -0.2) is 49.9 Å². The largest absolute Gasteiger partial charge is 0.457 e. The number of hydrogen-bond acceptors (Lipinski definition) is 7. The Labute approximate surface area is 250 Å². The average molecular weight is 590 g/mol. The van der Waals surface area contributed by atoms with Crippen molar-refractivity contribution in [3.8, 4) is 11.5 Å². The number of halogens is 1. The van der Waals surface area contributed by atoms with Crippen molar-refractivity contribution in [1.82, 2.24) is 20.3 Å². The number of aromatic nitrogens is 3. The van der Waals surface area contributed by atoms with Gasteiger partial charge in [0.15, 0.2) is 5.78 Å². The maximum atomic E-state index is 13.6. The minimum absolute atomic E-state index is 0.0725. The van der Waals surface area contributed by atoms with Crippen LogP contribution < -0.4 is 15.4 Å². The van der Waals surface area contributed by atoms with Crippen LogP contribution in [0.25, 0.3) is 11.0 Å². The van der Waals surface area contributed by atoms with Gasteiger partial charge < -0.3 is 25.5 Å². The Morgan fingerprint density at radius 1 is 1.02 bits per heavy atom. The van der Waals surface area contributed by atoms with Gasteiger partial charge in [-0.2, -0.15) is 0 Å². The Kier molecular flexibility index (Phi) is 9.71. The van der Waals surface area contributed by atoms with Gasteiger partial charge in [0.2, 0.25) is 5.91 Å². The molecular formula is C32H36ClN5O4. The van der Waals surface area contributed by atoms with Crippen molar-refractivity contribution in [2.75, 3.05) is 5.32 Å². The smallest absolute Gasteiger partial charge is 0.220 e. The number of ketones is 1. The van der Waals surface area contributed by atoms with E-state index in [0.717, 1.165) is 44.9 Å². The first-order valence-corrected chi connectivity index (χ1v) is 14.9. The Morgan fingerprint density at radius 2 is 1.79 bits per heavy atom. The first kappa shape index (κ1) is 29.5. The summed E-state index contributed by atoms with van der Waals surface area (Å²) in [5.74, 6) is 1.64. The first-order valence-electron chi connectivity index (χ1n) is 14.5. The minimum Gasteiger partial charge on any atom is -0.457 e. The molecule has 42 heavy (non-hydrogen) atoms. The molecule has 1 amide bonds. The van der Waals surface area contributed by atoms with E-state index in [1.54, 1.807) is 31.3 Å². The lowest BCUT2D eigenvalue weighted by molar-refractivity contribution is -0.122. The fourth-order valence-electron chi connectivity index (χ4n) is 5.37. The van der Waals surface area contributed by atoms with Crippen LogP contribution in [0.4, 0.5) is 5.82 Å². The van der Waals surface area contributed by atoms with E-state index in [9.17, 15) is 14.7 Å². The van der Waals surface area contributed by atoms with Gasteiger partial charge in [-0.25, -0.2) is 9.97 Å². The highest BCUT2D eigenvalue weighted by Gasteiger charge is 2.25. The first-order chi connectivity index (χ1) is 20.4. The SMILES string of the molecule is CC(O)CCCCC(=O)N[C@H]1CC[C@@H](Nc2ncnc3[nH]cc(C(=O)c4ccc(Oc5ccccc5)cc4Cl)c23)CC1. The number of fused-ring (bicyclic) bond motifs is 1.